The smallest absolute Gasteiger partial charge is 0.0926 e. The van der Waals surface area contributed by atoms with E-state index in [1.807, 2.05) is 11.3 Å². The first-order valence-electron chi connectivity index (χ1n) is 5.62. The molecule has 4 heteroatoms. The van der Waals surface area contributed by atoms with E-state index in [9.17, 15) is 0 Å². The average Bonchev–Trinajstić information content (AvgIpc) is 2.97. The van der Waals surface area contributed by atoms with Crippen LogP contribution >= 0.6 is 22.7 Å². The molecule has 1 N–H and O–H groups in total. The van der Waals surface area contributed by atoms with Crippen molar-refractivity contribution in [1.29, 1.82) is 0 Å². The van der Waals surface area contributed by atoms with Crippen molar-refractivity contribution in [2.24, 2.45) is 0 Å². The Morgan fingerprint density at radius 1 is 1.50 bits per heavy atom. The van der Waals surface area contributed by atoms with Crippen molar-refractivity contribution in [2.75, 3.05) is 6.54 Å². The molecule has 1 unspecified atom stereocenters. The Labute approximate surface area is 103 Å². The van der Waals surface area contributed by atoms with Gasteiger partial charge in [-0.25, -0.2) is 4.98 Å². The maximum absolute atomic E-state index is 4.69. The quantitative estimate of drug-likeness (QED) is 0.886. The molecule has 2 nitrogen and oxygen atoms in total. The van der Waals surface area contributed by atoms with Crippen LogP contribution in [0.4, 0.5) is 0 Å². The highest BCUT2D eigenvalue weighted by Crippen LogP contribution is 2.33. The van der Waals surface area contributed by atoms with Gasteiger partial charge in [0.05, 0.1) is 16.7 Å². The third-order valence-electron chi connectivity index (χ3n) is 2.95. The summed E-state index contributed by atoms with van der Waals surface area (Å²) in [4.78, 5) is 6.15. The van der Waals surface area contributed by atoms with Crippen LogP contribution in [0, 0.1) is 0 Å². The number of fused-ring (bicyclic) bond motifs is 1. The van der Waals surface area contributed by atoms with E-state index < -0.39 is 0 Å². The zero-order chi connectivity index (χ0) is 11.0. The van der Waals surface area contributed by atoms with Gasteiger partial charge in [0.1, 0.15) is 0 Å². The van der Waals surface area contributed by atoms with Gasteiger partial charge in [-0.3, -0.25) is 0 Å². The lowest BCUT2D eigenvalue weighted by molar-refractivity contribution is 0.568. The minimum absolute atomic E-state index is 0.334. The fourth-order valence-electron chi connectivity index (χ4n) is 2.11. The molecular weight excluding hydrogens is 236 g/mol. The van der Waals surface area contributed by atoms with E-state index in [1.165, 1.54) is 21.1 Å². The van der Waals surface area contributed by atoms with Crippen molar-refractivity contribution in [2.45, 2.75) is 25.8 Å². The summed E-state index contributed by atoms with van der Waals surface area (Å²) in [7, 11) is 0. The summed E-state index contributed by atoms with van der Waals surface area (Å²) >= 11 is 3.62. The van der Waals surface area contributed by atoms with Crippen molar-refractivity contribution in [3.63, 3.8) is 0 Å². The number of rotatable bonds is 2. The molecule has 0 bridgehead atoms. The van der Waals surface area contributed by atoms with Crippen molar-refractivity contribution in [1.82, 2.24) is 10.3 Å². The number of thiophene rings is 1. The highest BCUT2D eigenvalue weighted by molar-refractivity contribution is 7.10. The first kappa shape index (κ1) is 10.4. The summed E-state index contributed by atoms with van der Waals surface area (Å²) in [5.41, 5.74) is 2.70. The number of nitrogens with one attached hydrogen (secondary N) is 1. The molecule has 0 spiro atoms. The Balaban J connectivity index is 1.97. The maximum Gasteiger partial charge on any atom is 0.0926 e. The first-order valence-corrected chi connectivity index (χ1v) is 7.38. The van der Waals surface area contributed by atoms with E-state index in [0.29, 0.717) is 6.04 Å². The fraction of sp³-hybridized carbons (Fsp3) is 0.417. The molecule has 0 saturated carbocycles. The topological polar surface area (TPSA) is 24.9 Å². The zero-order valence-electron chi connectivity index (χ0n) is 9.19. The van der Waals surface area contributed by atoms with Crippen LogP contribution in [0.3, 0.4) is 0 Å². The number of aromatic nitrogens is 1. The summed E-state index contributed by atoms with van der Waals surface area (Å²) in [6, 6.07) is 2.58. The molecule has 2 aromatic heterocycles. The summed E-state index contributed by atoms with van der Waals surface area (Å²) in [5, 5.41) is 9.20. The predicted molar refractivity (Wildman–Crippen MR) is 69.4 cm³/mol. The molecule has 0 saturated heterocycles. The first-order chi connectivity index (χ1) is 7.88. The number of thiazole rings is 1. The largest absolute Gasteiger partial charge is 0.304 e. The molecule has 0 aliphatic carbocycles. The maximum atomic E-state index is 4.69. The second kappa shape index (κ2) is 4.28. The van der Waals surface area contributed by atoms with E-state index in [4.69, 9.17) is 4.98 Å². The van der Waals surface area contributed by atoms with Gasteiger partial charge >= 0.3 is 0 Å². The fourth-order valence-corrected chi connectivity index (χ4v) is 3.92. The molecule has 3 rings (SSSR count). The van der Waals surface area contributed by atoms with E-state index in [-0.39, 0.29) is 0 Å². The summed E-state index contributed by atoms with van der Waals surface area (Å²) in [6.07, 6.45) is 2.19. The normalized spacial score (nSPS) is 19.7. The second-order valence-electron chi connectivity index (χ2n) is 3.97. The van der Waals surface area contributed by atoms with Gasteiger partial charge < -0.3 is 5.32 Å². The van der Waals surface area contributed by atoms with Crippen LogP contribution < -0.4 is 5.32 Å². The number of hydrogen-bond acceptors (Lipinski definition) is 4. The Kier molecular flexibility index (Phi) is 2.79. The van der Waals surface area contributed by atoms with Gasteiger partial charge in [-0.1, -0.05) is 6.92 Å². The van der Waals surface area contributed by atoms with Crippen molar-refractivity contribution in [3.8, 4) is 0 Å². The zero-order valence-corrected chi connectivity index (χ0v) is 10.8. The predicted octanol–water partition coefficient (Wildman–Crippen LogP) is 3.00. The van der Waals surface area contributed by atoms with Gasteiger partial charge in [-0.05, 0) is 29.9 Å². The lowest BCUT2D eigenvalue weighted by atomic mass is 10.0. The minimum Gasteiger partial charge on any atom is -0.304 e. The molecule has 0 radical (unpaired) electrons. The van der Waals surface area contributed by atoms with Crippen LogP contribution in [0.15, 0.2) is 16.8 Å². The average molecular weight is 250 g/mol. The molecular formula is C12H14N2S2. The number of aryl methyl sites for hydroxylation is 1. The molecule has 1 atom stereocenters. The van der Waals surface area contributed by atoms with Gasteiger partial charge in [0.25, 0.3) is 0 Å². The SMILES string of the molecule is CCc1nc(C2NCCc3ccsc32)cs1. The van der Waals surface area contributed by atoms with Crippen molar-refractivity contribution >= 4 is 22.7 Å². The van der Waals surface area contributed by atoms with Crippen LogP contribution in [-0.4, -0.2) is 11.5 Å². The standard InChI is InChI=1S/C12H14N2S2/c1-2-10-14-9(7-16-10)11-12-8(3-5-13-11)4-6-15-12/h4,6-7,11,13H,2-3,5H2,1H3. The summed E-state index contributed by atoms with van der Waals surface area (Å²) in [6.45, 7) is 3.22. The second-order valence-corrected chi connectivity index (χ2v) is 5.86. The monoisotopic (exact) mass is 250 g/mol. The summed E-state index contributed by atoms with van der Waals surface area (Å²) in [5.74, 6) is 0. The Hall–Kier alpha value is -0.710. The van der Waals surface area contributed by atoms with Gasteiger partial charge in [0, 0.05) is 16.8 Å². The molecule has 16 heavy (non-hydrogen) atoms. The van der Waals surface area contributed by atoms with Crippen LogP contribution in [-0.2, 0) is 12.8 Å². The van der Waals surface area contributed by atoms with Crippen LogP contribution in [0.5, 0.6) is 0 Å². The number of hydrogen-bond donors (Lipinski definition) is 1. The minimum atomic E-state index is 0.334. The molecule has 0 fully saturated rings. The third kappa shape index (κ3) is 1.71. The highest BCUT2D eigenvalue weighted by atomic mass is 32.1. The highest BCUT2D eigenvalue weighted by Gasteiger charge is 2.24. The van der Waals surface area contributed by atoms with E-state index in [0.717, 1.165) is 19.4 Å². The molecule has 0 aromatic carbocycles. The van der Waals surface area contributed by atoms with Gasteiger partial charge in [-0.2, -0.15) is 0 Å². The van der Waals surface area contributed by atoms with E-state index >= 15 is 0 Å². The van der Waals surface area contributed by atoms with E-state index in [2.05, 4.69) is 29.1 Å². The van der Waals surface area contributed by atoms with Gasteiger partial charge in [-0.15, -0.1) is 22.7 Å². The third-order valence-corrected chi connectivity index (χ3v) is 4.99. The molecule has 1 aliphatic heterocycles. The van der Waals surface area contributed by atoms with Crippen LogP contribution in [0.2, 0.25) is 0 Å². The van der Waals surface area contributed by atoms with Gasteiger partial charge in [0.2, 0.25) is 0 Å². The van der Waals surface area contributed by atoms with Crippen LogP contribution in [0.25, 0.3) is 0 Å². The molecule has 3 heterocycles. The lowest BCUT2D eigenvalue weighted by Gasteiger charge is -2.22. The molecule has 2 aromatic rings. The Morgan fingerprint density at radius 3 is 3.25 bits per heavy atom. The molecule has 0 amide bonds. The van der Waals surface area contributed by atoms with Crippen molar-refractivity contribution < 1.29 is 0 Å². The van der Waals surface area contributed by atoms with Crippen LogP contribution in [0.1, 0.15) is 34.1 Å². The van der Waals surface area contributed by atoms with E-state index in [1.54, 1.807) is 11.3 Å². The Morgan fingerprint density at radius 2 is 2.44 bits per heavy atom. The number of nitrogens with zero attached hydrogens (tertiary/aromatic N) is 1. The van der Waals surface area contributed by atoms with Gasteiger partial charge in [0.15, 0.2) is 0 Å². The summed E-state index contributed by atoms with van der Waals surface area (Å²) < 4.78 is 0. The molecule has 84 valence electrons. The lowest BCUT2D eigenvalue weighted by Crippen LogP contribution is -2.29. The van der Waals surface area contributed by atoms with Crippen molar-refractivity contribution in [3.05, 3.63) is 38.0 Å². The molecule has 1 aliphatic rings. The Bertz CT molecular complexity index is 487.